The molecule has 0 N–H and O–H groups in total. The van der Waals surface area contributed by atoms with Gasteiger partial charge < -0.3 is 9.64 Å². The third kappa shape index (κ3) is 3.90. The third-order valence-electron chi connectivity index (χ3n) is 3.78. The Morgan fingerprint density at radius 1 is 1.35 bits per heavy atom. The number of morpholine rings is 1. The van der Waals surface area contributed by atoms with Gasteiger partial charge in [0.2, 0.25) is 5.91 Å². The lowest BCUT2D eigenvalue weighted by atomic mass is 10.1. The molecule has 2 aromatic heterocycles. The SMILES string of the molecule is Cc1cc(C)nc([C@@H]2CN(C(=O)Cc3cccnc3)CCO2)n1. The monoisotopic (exact) mass is 312 g/mol. The molecule has 1 aliphatic heterocycles. The lowest BCUT2D eigenvalue weighted by Gasteiger charge is -2.32. The first-order valence-corrected chi connectivity index (χ1v) is 7.72. The molecule has 1 aliphatic rings. The number of rotatable bonds is 3. The second-order valence-corrected chi connectivity index (χ2v) is 5.75. The molecule has 2 aromatic rings. The molecule has 0 aromatic carbocycles. The smallest absolute Gasteiger partial charge is 0.227 e. The molecule has 1 saturated heterocycles. The lowest BCUT2D eigenvalue weighted by molar-refractivity contribution is -0.138. The van der Waals surface area contributed by atoms with Crippen molar-refractivity contribution in [2.45, 2.75) is 26.4 Å². The topological polar surface area (TPSA) is 68.2 Å². The average molecular weight is 312 g/mol. The molecule has 0 spiro atoms. The van der Waals surface area contributed by atoms with Gasteiger partial charge in [0, 0.05) is 30.3 Å². The molecule has 0 saturated carbocycles. The molecule has 0 bridgehead atoms. The molecule has 6 nitrogen and oxygen atoms in total. The van der Waals surface area contributed by atoms with E-state index in [-0.39, 0.29) is 12.0 Å². The van der Waals surface area contributed by atoms with E-state index in [4.69, 9.17) is 4.74 Å². The van der Waals surface area contributed by atoms with Gasteiger partial charge in [0.25, 0.3) is 0 Å². The highest BCUT2D eigenvalue weighted by molar-refractivity contribution is 5.78. The van der Waals surface area contributed by atoms with Gasteiger partial charge in [0.15, 0.2) is 5.82 Å². The molecule has 0 radical (unpaired) electrons. The van der Waals surface area contributed by atoms with Gasteiger partial charge in [-0.15, -0.1) is 0 Å². The summed E-state index contributed by atoms with van der Waals surface area (Å²) in [6, 6.07) is 5.68. The maximum Gasteiger partial charge on any atom is 0.227 e. The quantitative estimate of drug-likeness (QED) is 0.861. The van der Waals surface area contributed by atoms with Crippen molar-refractivity contribution in [1.82, 2.24) is 19.9 Å². The van der Waals surface area contributed by atoms with Crippen molar-refractivity contribution in [1.29, 1.82) is 0 Å². The third-order valence-corrected chi connectivity index (χ3v) is 3.78. The van der Waals surface area contributed by atoms with Crippen LogP contribution in [0.2, 0.25) is 0 Å². The Hall–Kier alpha value is -2.34. The number of hydrogen-bond donors (Lipinski definition) is 0. The number of hydrogen-bond acceptors (Lipinski definition) is 5. The number of ether oxygens (including phenoxy) is 1. The Labute approximate surface area is 135 Å². The molecule has 0 aliphatic carbocycles. The average Bonchev–Trinajstić information content (AvgIpc) is 2.55. The normalized spacial score (nSPS) is 18.0. The molecule has 1 fully saturated rings. The fourth-order valence-electron chi connectivity index (χ4n) is 2.72. The second kappa shape index (κ2) is 6.83. The summed E-state index contributed by atoms with van der Waals surface area (Å²) in [4.78, 5) is 27.3. The predicted molar refractivity (Wildman–Crippen MR) is 84.7 cm³/mol. The van der Waals surface area contributed by atoms with Crippen molar-refractivity contribution in [2.24, 2.45) is 0 Å². The minimum atomic E-state index is -0.264. The summed E-state index contributed by atoms with van der Waals surface area (Å²) in [6.45, 7) is 5.46. The Balaban J connectivity index is 1.69. The highest BCUT2D eigenvalue weighted by Gasteiger charge is 2.27. The number of amides is 1. The Bertz CT molecular complexity index is 670. The minimum Gasteiger partial charge on any atom is -0.367 e. The zero-order valence-corrected chi connectivity index (χ0v) is 13.4. The van der Waals surface area contributed by atoms with Gasteiger partial charge in [-0.2, -0.15) is 0 Å². The lowest BCUT2D eigenvalue weighted by Crippen LogP contribution is -2.43. The fraction of sp³-hybridized carbons (Fsp3) is 0.412. The van der Waals surface area contributed by atoms with E-state index in [0.717, 1.165) is 17.0 Å². The van der Waals surface area contributed by atoms with Gasteiger partial charge in [0.1, 0.15) is 6.10 Å². The number of carbonyl (C=O) groups is 1. The Morgan fingerprint density at radius 2 is 2.13 bits per heavy atom. The molecule has 120 valence electrons. The molecule has 3 heterocycles. The van der Waals surface area contributed by atoms with Crippen LogP contribution in [0.1, 0.15) is 28.9 Å². The van der Waals surface area contributed by atoms with Crippen LogP contribution < -0.4 is 0 Å². The molecule has 23 heavy (non-hydrogen) atoms. The zero-order valence-electron chi connectivity index (χ0n) is 13.4. The highest BCUT2D eigenvalue weighted by atomic mass is 16.5. The number of pyridine rings is 1. The van der Waals surface area contributed by atoms with Crippen LogP contribution in [0.15, 0.2) is 30.6 Å². The Morgan fingerprint density at radius 3 is 2.83 bits per heavy atom. The largest absolute Gasteiger partial charge is 0.367 e. The summed E-state index contributed by atoms with van der Waals surface area (Å²) < 4.78 is 5.77. The summed E-state index contributed by atoms with van der Waals surface area (Å²) in [5.74, 6) is 0.733. The van der Waals surface area contributed by atoms with E-state index in [1.165, 1.54) is 0 Å². The number of carbonyl (C=O) groups excluding carboxylic acids is 1. The minimum absolute atomic E-state index is 0.0793. The van der Waals surface area contributed by atoms with E-state index in [0.29, 0.717) is 31.9 Å². The van der Waals surface area contributed by atoms with Gasteiger partial charge in [-0.1, -0.05) is 6.07 Å². The molecule has 3 rings (SSSR count). The zero-order chi connectivity index (χ0) is 16.2. The molecule has 1 amide bonds. The van der Waals surface area contributed by atoms with Crippen LogP contribution in [0.5, 0.6) is 0 Å². The van der Waals surface area contributed by atoms with Gasteiger partial charge in [-0.3, -0.25) is 9.78 Å². The van der Waals surface area contributed by atoms with Crippen molar-refractivity contribution in [3.8, 4) is 0 Å². The van der Waals surface area contributed by atoms with Crippen LogP contribution in [0.4, 0.5) is 0 Å². The maximum atomic E-state index is 12.5. The van der Waals surface area contributed by atoms with Crippen molar-refractivity contribution in [2.75, 3.05) is 19.7 Å². The summed E-state index contributed by atoms with van der Waals surface area (Å²) >= 11 is 0. The summed E-state index contributed by atoms with van der Waals surface area (Å²) in [5.41, 5.74) is 2.74. The van der Waals surface area contributed by atoms with Crippen LogP contribution in [0.25, 0.3) is 0 Å². The summed E-state index contributed by atoms with van der Waals surface area (Å²) in [6.07, 6.45) is 3.52. The van der Waals surface area contributed by atoms with Gasteiger partial charge in [-0.25, -0.2) is 9.97 Å². The van der Waals surface area contributed by atoms with Crippen LogP contribution in [0, 0.1) is 13.8 Å². The van der Waals surface area contributed by atoms with E-state index in [2.05, 4.69) is 15.0 Å². The highest BCUT2D eigenvalue weighted by Crippen LogP contribution is 2.20. The van der Waals surface area contributed by atoms with Crippen LogP contribution in [0.3, 0.4) is 0 Å². The standard InChI is InChI=1S/C17H20N4O2/c1-12-8-13(2)20-17(19-12)15-11-21(6-7-23-15)16(22)9-14-4-3-5-18-10-14/h3-5,8,10,15H,6-7,9,11H2,1-2H3/t15-/m0/s1. The van der Waals surface area contributed by atoms with Crippen LogP contribution in [-0.2, 0) is 16.0 Å². The molecule has 1 atom stereocenters. The summed E-state index contributed by atoms with van der Waals surface area (Å²) in [7, 11) is 0. The van der Waals surface area contributed by atoms with Crippen molar-refractivity contribution in [3.05, 3.63) is 53.4 Å². The van der Waals surface area contributed by atoms with Crippen LogP contribution in [-0.4, -0.2) is 45.5 Å². The predicted octanol–water partition coefficient (Wildman–Crippen LogP) is 1.63. The second-order valence-electron chi connectivity index (χ2n) is 5.75. The van der Waals surface area contributed by atoms with E-state index in [9.17, 15) is 4.79 Å². The van der Waals surface area contributed by atoms with E-state index < -0.39 is 0 Å². The maximum absolute atomic E-state index is 12.5. The van der Waals surface area contributed by atoms with Gasteiger partial charge in [0.05, 0.1) is 19.6 Å². The van der Waals surface area contributed by atoms with Crippen molar-refractivity contribution < 1.29 is 9.53 Å². The van der Waals surface area contributed by atoms with Gasteiger partial charge >= 0.3 is 0 Å². The molecule has 0 unspecified atom stereocenters. The molecular weight excluding hydrogens is 292 g/mol. The van der Waals surface area contributed by atoms with Crippen molar-refractivity contribution >= 4 is 5.91 Å². The van der Waals surface area contributed by atoms with Crippen LogP contribution >= 0.6 is 0 Å². The fourth-order valence-corrected chi connectivity index (χ4v) is 2.72. The van der Waals surface area contributed by atoms with Gasteiger partial charge in [-0.05, 0) is 31.5 Å². The number of aromatic nitrogens is 3. The van der Waals surface area contributed by atoms with E-state index in [1.54, 1.807) is 12.4 Å². The molecular formula is C17H20N4O2. The Kier molecular flexibility index (Phi) is 4.62. The first kappa shape index (κ1) is 15.6. The summed E-state index contributed by atoms with van der Waals surface area (Å²) in [5, 5.41) is 0. The first-order valence-electron chi connectivity index (χ1n) is 7.72. The number of aryl methyl sites for hydroxylation is 2. The van der Waals surface area contributed by atoms with E-state index >= 15 is 0 Å². The molecule has 6 heteroatoms. The van der Waals surface area contributed by atoms with Crippen molar-refractivity contribution in [3.63, 3.8) is 0 Å². The number of nitrogens with zero attached hydrogens (tertiary/aromatic N) is 4. The van der Waals surface area contributed by atoms with E-state index in [1.807, 2.05) is 36.9 Å². The first-order chi connectivity index (χ1) is 11.1.